The van der Waals surface area contributed by atoms with E-state index in [4.69, 9.17) is 9.47 Å². The molecule has 0 unspecified atom stereocenters. The largest absolute Gasteiger partial charge is 0.482 e. The molecule has 0 aromatic heterocycles. The summed E-state index contributed by atoms with van der Waals surface area (Å²) in [4.78, 5) is 38.9. The van der Waals surface area contributed by atoms with E-state index in [-0.39, 0.29) is 18.4 Å². The van der Waals surface area contributed by atoms with Gasteiger partial charge in [-0.05, 0) is 75.1 Å². The van der Waals surface area contributed by atoms with E-state index in [9.17, 15) is 14.4 Å². The molecule has 7 nitrogen and oxygen atoms in total. The fourth-order valence-corrected chi connectivity index (χ4v) is 4.28. The molecule has 0 atom stereocenters. The number of anilines is 1. The molecule has 0 radical (unpaired) electrons. The number of rotatable bonds is 9. The van der Waals surface area contributed by atoms with Gasteiger partial charge in [-0.1, -0.05) is 43.5 Å². The van der Waals surface area contributed by atoms with Gasteiger partial charge in [-0.25, -0.2) is 9.59 Å². The van der Waals surface area contributed by atoms with Crippen LogP contribution in [0.15, 0.2) is 54.6 Å². The lowest BCUT2D eigenvalue weighted by Crippen LogP contribution is -2.36. The van der Waals surface area contributed by atoms with E-state index in [1.807, 2.05) is 62.1 Å². The highest BCUT2D eigenvalue weighted by molar-refractivity contribution is 5.95. The molecule has 1 fully saturated rings. The van der Waals surface area contributed by atoms with Crippen molar-refractivity contribution in [3.8, 4) is 5.75 Å². The standard InChI is InChI=1S/C30H37NO6/c1-30(2,3)37-28(33)21-36-26-16-13-23(14-17-26)20-31(29(34)24-10-6-5-7-11-24)25-12-8-9-22(19-25)15-18-27(32)35-4/h8-9,12-19,24H,5-7,10-11,20-21H2,1-4H3. The second kappa shape index (κ2) is 13.1. The van der Waals surface area contributed by atoms with Crippen LogP contribution < -0.4 is 9.64 Å². The summed E-state index contributed by atoms with van der Waals surface area (Å²) < 4.78 is 15.5. The number of ether oxygens (including phenoxy) is 3. The van der Waals surface area contributed by atoms with Gasteiger partial charge in [0.2, 0.25) is 5.91 Å². The van der Waals surface area contributed by atoms with Gasteiger partial charge in [0.15, 0.2) is 6.61 Å². The summed E-state index contributed by atoms with van der Waals surface area (Å²) in [6, 6.07) is 14.9. The number of hydrogen-bond acceptors (Lipinski definition) is 6. The number of carbonyl (C=O) groups is 3. The van der Waals surface area contributed by atoms with Gasteiger partial charge < -0.3 is 19.1 Å². The third kappa shape index (κ3) is 9.08. The van der Waals surface area contributed by atoms with E-state index >= 15 is 0 Å². The molecular weight excluding hydrogens is 470 g/mol. The van der Waals surface area contributed by atoms with Crippen LogP contribution in [0.2, 0.25) is 0 Å². The molecule has 0 heterocycles. The van der Waals surface area contributed by atoms with Crippen molar-refractivity contribution in [1.29, 1.82) is 0 Å². The van der Waals surface area contributed by atoms with Crippen molar-refractivity contribution in [2.45, 2.75) is 65.0 Å². The van der Waals surface area contributed by atoms with E-state index in [0.717, 1.165) is 42.5 Å². The molecule has 0 spiro atoms. The second-order valence-electron chi connectivity index (χ2n) is 10.2. The van der Waals surface area contributed by atoms with Crippen molar-refractivity contribution in [3.05, 3.63) is 65.7 Å². The molecule has 3 rings (SSSR count). The van der Waals surface area contributed by atoms with Crippen LogP contribution in [-0.2, 0) is 30.4 Å². The van der Waals surface area contributed by atoms with E-state index in [1.54, 1.807) is 18.2 Å². The Hall–Kier alpha value is -3.61. The molecule has 1 saturated carbocycles. The average Bonchev–Trinajstić information content (AvgIpc) is 2.89. The maximum atomic E-state index is 13.6. The summed E-state index contributed by atoms with van der Waals surface area (Å²) in [6.45, 7) is 5.65. The lowest BCUT2D eigenvalue weighted by Gasteiger charge is -2.30. The first-order valence-corrected chi connectivity index (χ1v) is 12.8. The SMILES string of the molecule is COC(=O)C=Cc1cccc(N(Cc2ccc(OCC(=O)OC(C)(C)C)cc2)C(=O)C2CCCCC2)c1. The molecule has 0 aliphatic heterocycles. The minimum absolute atomic E-state index is 0.000507. The van der Waals surface area contributed by atoms with Gasteiger partial charge in [0, 0.05) is 17.7 Å². The van der Waals surface area contributed by atoms with E-state index < -0.39 is 17.5 Å². The third-order valence-corrected chi connectivity index (χ3v) is 6.06. The molecule has 7 heteroatoms. The zero-order chi connectivity index (χ0) is 26.8. The van der Waals surface area contributed by atoms with Crippen molar-refractivity contribution < 1.29 is 28.6 Å². The minimum Gasteiger partial charge on any atom is -0.482 e. The maximum Gasteiger partial charge on any atom is 0.344 e. The highest BCUT2D eigenvalue weighted by atomic mass is 16.6. The summed E-state index contributed by atoms with van der Waals surface area (Å²) >= 11 is 0. The van der Waals surface area contributed by atoms with Crippen molar-refractivity contribution >= 4 is 29.6 Å². The fraction of sp³-hybridized carbons (Fsp3) is 0.433. The molecule has 1 amide bonds. The van der Waals surface area contributed by atoms with Crippen molar-refractivity contribution in [1.82, 2.24) is 0 Å². The Bertz CT molecular complexity index is 1090. The molecule has 0 bridgehead atoms. The number of hydrogen-bond donors (Lipinski definition) is 0. The molecule has 37 heavy (non-hydrogen) atoms. The summed E-state index contributed by atoms with van der Waals surface area (Å²) in [5.41, 5.74) is 1.94. The van der Waals surface area contributed by atoms with E-state index in [2.05, 4.69) is 4.74 Å². The Morgan fingerprint density at radius 1 is 1.00 bits per heavy atom. The molecule has 1 aliphatic rings. The first-order chi connectivity index (χ1) is 17.6. The van der Waals surface area contributed by atoms with Crippen LogP contribution in [0.25, 0.3) is 6.08 Å². The van der Waals surface area contributed by atoms with Crippen LogP contribution in [0.4, 0.5) is 5.69 Å². The Balaban J connectivity index is 1.76. The van der Waals surface area contributed by atoms with Gasteiger partial charge in [-0.3, -0.25) is 4.79 Å². The zero-order valence-corrected chi connectivity index (χ0v) is 22.2. The number of benzene rings is 2. The van der Waals surface area contributed by atoms with Crippen LogP contribution in [0.3, 0.4) is 0 Å². The zero-order valence-electron chi connectivity index (χ0n) is 22.2. The lowest BCUT2D eigenvalue weighted by atomic mass is 9.88. The van der Waals surface area contributed by atoms with Crippen LogP contribution in [0, 0.1) is 5.92 Å². The first kappa shape index (κ1) is 28.0. The predicted octanol–water partition coefficient (Wildman–Crippen LogP) is 5.71. The van der Waals surface area contributed by atoms with Gasteiger partial charge in [-0.15, -0.1) is 0 Å². The van der Waals surface area contributed by atoms with Crippen LogP contribution in [0.5, 0.6) is 5.75 Å². The number of nitrogens with zero attached hydrogens (tertiary/aromatic N) is 1. The molecule has 1 aliphatic carbocycles. The van der Waals surface area contributed by atoms with Crippen molar-refractivity contribution in [2.24, 2.45) is 5.92 Å². The highest BCUT2D eigenvalue weighted by Crippen LogP contribution is 2.29. The molecule has 2 aromatic rings. The van der Waals surface area contributed by atoms with Gasteiger partial charge in [0.1, 0.15) is 11.4 Å². The average molecular weight is 508 g/mol. The number of amides is 1. The quantitative estimate of drug-likeness (QED) is 0.320. The number of carbonyl (C=O) groups excluding carboxylic acids is 3. The van der Waals surface area contributed by atoms with Gasteiger partial charge in [0.25, 0.3) is 0 Å². The number of esters is 2. The molecule has 198 valence electrons. The Morgan fingerprint density at radius 2 is 1.70 bits per heavy atom. The summed E-state index contributed by atoms with van der Waals surface area (Å²) in [5.74, 6) is -0.204. The topological polar surface area (TPSA) is 82.1 Å². The van der Waals surface area contributed by atoms with Gasteiger partial charge >= 0.3 is 11.9 Å². The monoisotopic (exact) mass is 507 g/mol. The van der Waals surface area contributed by atoms with Crippen molar-refractivity contribution in [2.75, 3.05) is 18.6 Å². The fourth-order valence-electron chi connectivity index (χ4n) is 4.28. The van der Waals surface area contributed by atoms with E-state index in [1.165, 1.54) is 19.6 Å². The molecular formula is C30H37NO6. The molecule has 0 N–H and O–H groups in total. The van der Waals surface area contributed by atoms with Crippen molar-refractivity contribution in [3.63, 3.8) is 0 Å². The van der Waals surface area contributed by atoms with E-state index in [0.29, 0.717) is 12.3 Å². The smallest absolute Gasteiger partial charge is 0.344 e. The summed E-state index contributed by atoms with van der Waals surface area (Å²) in [5, 5.41) is 0. The Kier molecular flexibility index (Phi) is 9.89. The lowest BCUT2D eigenvalue weighted by molar-refractivity contribution is -0.157. The molecule has 0 saturated heterocycles. The van der Waals surface area contributed by atoms with Crippen LogP contribution in [-0.4, -0.2) is 37.2 Å². The Morgan fingerprint density at radius 3 is 2.35 bits per heavy atom. The molecule has 2 aromatic carbocycles. The third-order valence-electron chi connectivity index (χ3n) is 6.06. The number of methoxy groups -OCH3 is 1. The predicted molar refractivity (Wildman–Crippen MR) is 143 cm³/mol. The normalized spacial score (nSPS) is 14.3. The second-order valence-corrected chi connectivity index (χ2v) is 10.2. The van der Waals surface area contributed by atoms with Gasteiger partial charge in [-0.2, -0.15) is 0 Å². The minimum atomic E-state index is -0.564. The Labute approximate surface area is 219 Å². The van der Waals surface area contributed by atoms with Crippen LogP contribution in [0.1, 0.15) is 64.0 Å². The van der Waals surface area contributed by atoms with Gasteiger partial charge in [0.05, 0.1) is 13.7 Å². The summed E-state index contributed by atoms with van der Waals surface area (Å²) in [7, 11) is 1.33. The van der Waals surface area contributed by atoms with Crippen LogP contribution >= 0.6 is 0 Å². The first-order valence-electron chi connectivity index (χ1n) is 12.8. The highest BCUT2D eigenvalue weighted by Gasteiger charge is 2.27. The maximum absolute atomic E-state index is 13.6. The summed E-state index contributed by atoms with van der Waals surface area (Å²) in [6.07, 6.45) is 8.13.